The number of piperidine rings is 1. The average Bonchev–Trinajstić information content (AvgIpc) is 2.80. The Morgan fingerprint density at radius 3 is 2.45 bits per heavy atom. The maximum atomic E-state index is 12.5. The van der Waals surface area contributed by atoms with Crippen molar-refractivity contribution < 1.29 is 14.7 Å². The summed E-state index contributed by atoms with van der Waals surface area (Å²) in [6.07, 6.45) is 2.78. The highest BCUT2D eigenvalue weighted by Crippen LogP contribution is 2.23. The number of carbonyl (C=O) groups excluding carboxylic acids is 1. The first-order valence-corrected chi connectivity index (χ1v) is 7.17. The Kier molecular flexibility index (Phi) is 4.38. The number of carboxylic acids is 1. The fraction of sp³-hybridized carbons (Fsp3) is 0.571. The summed E-state index contributed by atoms with van der Waals surface area (Å²) in [7, 11) is 0. The molecular formula is C14H19ClN2O3. The van der Waals surface area contributed by atoms with Gasteiger partial charge in [0.1, 0.15) is 5.69 Å². The van der Waals surface area contributed by atoms with E-state index in [2.05, 4.69) is 0 Å². The van der Waals surface area contributed by atoms with Crippen molar-refractivity contribution in [3.05, 3.63) is 23.0 Å². The molecule has 0 bridgehead atoms. The largest absolute Gasteiger partial charge is 0.481 e. The third-order valence-corrected chi connectivity index (χ3v) is 3.93. The molecule has 0 saturated carbocycles. The van der Waals surface area contributed by atoms with Gasteiger partial charge in [0.2, 0.25) is 0 Å². The quantitative estimate of drug-likeness (QED) is 0.933. The molecule has 1 fully saturated rings. The van der Waals surface area contributed by atoms with Crippen molar-refractivity contribution in [3.63, 3.8) is 0 Å². The van der Waals surface area contributed by atoms with E-state index in [1.165, 1.54) is 0 Å². The molecule has 0 radical (unpaired) electrons. The van der Waals surface area contributed by atoms with Crippen molar-refractivity contribution in [1.82, 2.24) is 9.47 Å². The van der Waals surface area contributed by atoms with Gasteiger partial charge >= 0.3 is 5.97 Å². The number of aliphatic carboxylic acids is 1. The van der Waals surface area contributed by atoms with Crippen LogP contribution in [0.25, 0.3) is 0 Å². The van der Waals surface area contributed by atoms with Crippen LogP contribution in [0.1, 0.15) is 43.2 Å². The average molecular weight is 299 g/mol. The van der Waals surface area contributed by atoms with Gasteiger partial charge in [-0.3, -0.25) is 9.59 Å². The van der Waals surface area contributed by atoms with E-state index in [4.69, 9.17) is 16.7 Å². The van der Waals surface area contributed by atoms with Crippen molar-refractivity contribution in [2.45, 2.75) is 32.7 Å². The van der Waals surface area contributed by atoms with Crippen LogP contribution in [0.2, 0.25) is 5.02 Å². The lowest BCUT2D eigenvalue weighted by atomic mass is 9.97. The number of hydrogen-bond acceptors (Lipinski definition) is 2. The molecule has 1 aliphatic heterocycles. The van der Waals surface area contributed by atoms with Gasteiger partial charge < -0.3 is 14.6 Å². The summed E-state index contributed by atoms with van der Waals surface area (Å²) in [5.41, 5.74) is 0.568. The molecule has 1 aromatic heterocycles. The summed E-state index contributed by atoms with van der Waals surface area (Å²) in [4.78, 5) is 25.1. The number of halogens is 1. The number of nitrogens with zero attached hydrogens (tertiary/aromatic N) is 2. The molecule has 0 unspecified atom stereocenters. The number of rotatable bonds is 3. The Morgan fingerprint density at radius 2 is 1.95 bits per heavy atom. The molecule has 2 rings (SSSR count). The molecule has 0 aliphatic carbocycles. The molecule has 1 amide bonds. The van der Waals surface area contributed by atoms with Crippen molar-refractivity contribution in [1.29, 1.82) is 0 Å². The SMILES string of the molecule is CC(C)n1cc(Cl)cc1C(=O)N1CCC(C(=O)O)CC1. The maximum absolute atomic E-state index is 12.5. The van der Waals surface area contributed by atoms with Gasteiger partial charge in [0.25, 0.3) is 5.91 Å². The van der Waals surface area contributed by atoms with E-state index in [-0.39, 0.29) is 17.9 Å². The number of aromatic nitrogens is 1. The predicted molar refractivity (Wildman–Crippen MR) is 76.1 cm³/mol. The van der Waals surface area contributed by atoms with E-state index < -0.39 is 5.97 Å². The summed E-state index contributed by atoms with van der Waals surface area (Å²) in [5.74, 6) is -1.18. The monoisotopic (exact) mass is 298 g/mol. The lowest BCUT2D eigenvalue weighted by Crippen LogP contribution is -2.41. The normalized spacial score (nSPS) is 16.7. The molecule has 5 nitrogen and oxygen atoms in total. The van der Waals surface area contributed by atoms with E-state index in [1.807, 2.05) is 18.4 Å². The van der Waals surface area contributed by atoms with E-state index in [0.29, 0.717) is 36.6 Å². The zero-order valence-electron chi connectivity index (χ0n) is 11.7. The van der Waals surface area contributed by atoms with Crippen molar-refractivity contribution >= 4 is 23.5 Å². The molecule has 0 spiro atoms. The second kappa shape index (κ2) is 5.87. The van der Waals surface area contributed by atoms with E-state index in [0.717, 1.165) is 0 Å². The number of carbonyl (C=O) groups is 2. The van der Waals surface area contributed by atoms with Gasteiger partial charge in [-0.15, -0.1) is 0 Å². The minimum atomic E-state index is -0.773. The summed E-state index contributed by atoms with van der Waals surface area (Å²) in [6, 6.07) is 1.82. The number of carboxylic acid groups (broad SMARTS) is 1. The first-order valence-electron chi connectivity index (χ1n) is 6.79. The molecule has 110 valence electrons. The number of amides is 1. The Balaban J connectivity index is 2.11. The topological polar surface area (TPSA) is 62.5 Å². The second-order valence-corrected chi connectivity index (χ2v) is 5.89. The molecule has 20 heavy (non-hydrogen) atoms. The molecule has 0 atom stereocenters. The van der Waals surface area contributed by atoms with Crippen LogP contribution in [-0.2, 0) is 4.79 Å². The third kappa shape index (κ3) is 2.98. The summed E-state index contributed by atoms with van der Waals surface area (Å²) < 4.78 is 1.86. The summed E-state index contributed by atoms with van der Waals surface area (Å²) >= 11 is 5.99. The Hall–Kier alpha value is -1.49. The maximum Gasteiger partial charge on any atom is 0.306 e. The minimum absolute atomic E-state index is 0.0746. The zero-order chi connectivity index (χ0) is 14.9. The van der Waals surface area contributed by atoms with E-state index in [9.17, 15) is 9.59 Å². The lowest BCUT2D eigenvalue weighted by Gasteiger charge is -2.30. The van der Waals surface area contributed by atoms with Crippen LogP contribution in [0, 0.1) is 5.92 Å². The molecule has 1 aliphatic rings. The first-order chi connectivity index (χ1) is 9.40. The van der Waals surface area contributed by atoms with Crippen LogP contribution in [0.4, 0.5) is 0 Å². The van der Waals surface area contributed by atoms with Crippen LogP contribution in [0.15, 0.2) is 12.3 Å². The number of hydrogen-bond donors (Lipinski definition) is 1. The molecule has 0 aromatic carbocycles. The zero-order valence-corrected chi connectivity index (χ0v) is 12.4. The Bertz CT molecular complexity index is 516. The van der Waals surface area contributed by atoms with Crippen molar-refractivity contribution in [3.8, 4) is 0 Å². The van der Waals surface area contributed by atoms with Gasteiger partial charge in [0, 0.05) is 25.3 Å². The summed E-state index contributed by atoms with van der Waals surface area (Å²) in [5, 5.41) is 9.52. The fourth-order valence-electron chi connectivity index (χ4n) is 2.54. The van der Waals surface area contributed by atoms with Gasteiger partial charge in [0.15, 0.2) is 0 Å². The standard InChI is InChI=1S/C14H19ClN2O3/c1-9(2)17-8-11(15)7-12(17)13(18)16-5-3-10(4-6-16)14(19)20/h7-10H,3-6H2,1-2H3,(H,19,20). The fourth-order valence-corrected chi connectivity index (χ4v) is 2.74. The van der Waals surface area contributed by atoms with E-state index in [1.54, 1.807) is 17.2 Å². The Labute approximate surface area is 123 Å². The minimum Gasteiger partial charge on any atom is -0.481 e. The van der Waals surface area contributed by atoms with Gasteiger partial charge in [-0.25, -0.2) is 0 Å². The highest BCUT2D eigenvalue weighted by Gasteiger charge is 2.29. The van der Waals surface area contributed by atoms with Gasteiger partial charge in [-0.1, -0.05) is 11.6 Å². The van der Waals surface area contributed by atoms with Gasteiger partial charge in [0.05, 0.1) is 10.9 Å². The van der Waals surface area contributed by atoms with Crippen molar-refractivity contribution in [2.75, 3.05) is 13.1 Å². The Morgan fingerprint density at radius 1 is 1.35 bits per heavy atom. The van der Waals surface area contributed by atoms with Crippen LogP contribution in [0.5, 0.6) is 0 Å². The van der Waals surface area contributed by atoms with Gasteiger partial charge in [-0.2, -0.15) is 0 Å². The second-order valence-electron chi connectivity index (χ2n) is 5.45. The highest BCUT2D eigenvalue weighted by atomic mass is 35.5. The number of likely N-dealkylation sites (tertiary alicyclic amines) is 1. The van der Waals surface area contributed by atoms with Crippen molar-refractivity contribution in [2.24, 2.45) is 5.92 Å². The molecule has 1 N–H and O–H groups in total. The van der Waals surface area contributed by atoms with Crippen LogP contribution >= 0.6 is 11.6 Å². The third-order valence-electron chi connectivity index (χ3n) is 3.72. The predicted octanol–water partition coefficient (Wildman–Crippen LogP) is 2.66. The summed E-state index contributed by atoms with van der Waals surface area (Å²) in [6.45, 7) is 4.95. The molecule has 1 saturated heterocycles. The lowest BCUT2D eigenvalue weighted by molar-refractivity contribution is -0.143. The molecule has 1 aromatic rings. The van der Waals surface area contributed by atoms with Gasteiger partial charge in [-0.05, 0) is 32.8 Å². The van der Waals surface area contributed by atoms with E-state index >= 15 is 0 Å². The van der Waals surface area contributed by atoms with Crippen LogP contribution in [-0.4, -0.2) is 39.5 Å². The van der Waals surface area contributed by atoms with Crippen LogP contribution in [0.3, 0.4) is 0 Å². The highest BCUT2D eigenvalue weighted by molar-refractivity contribution is 6.31. The van der Waals surface area contributed by atoms with Crippen LogP contribution < -0.4 is 0 Å². The molecule has 2 heterocycles. The molecular weight excluding hydrogens is 280 g/mol. The molecule has 6 heteroatoms. The smallest absolute Gasteiger partial charge is 0.306 e. The first kappa shape index (κ1) is 14.9.